The number of phenolic OH excluding ortho intramolecular Hbond substituents is 1. The molecule has 160 valence electrons. The van der Waals surface area contributed by atoms with Crippen LogP contribution < -0.4 is 9.64 Å². The lowest BCUT2D eigenvalue weighted by atomic mass is 10.2. The summed E-state index contributed by atoms with van der Waals surface area (Å²) in [6.07, 6.45) is 4.22. The first-order chi connectivity index (χ1) is 14.5. The number of hydrogen-bond donors (Lipinski definition) is 1. The molecule has 2 aliphatic heterocycles. The Kier molecular flexibility index (Phi) is 5.87. The molecule has 0 aromatic heterocycles. The summed E-state index contributed by atoms with van der Waals surface area (Å²) in [5.41, 5.74) is 1.73. The highest BCUT2D eigenvalue weighted by Crippen LogP contribution is 2.33. The van der Waals surface area contributed by atoms with Crippen molar-refractivity contribution in [1.29, 1.82) is 0 Å². The third kappa shape index (κ3) is 4.11. The molecule has 0 spiro atoms. The van der Waals surface area contributed by atoms with Crippen molar-refractivity contribution in [2.24, 2.45) is 0 Å². The largest absolute Gasteiger partial charge is 0.508 e. The minimum atomic E-state index is -3.55. The van der Waals surface area contributed by atoms with Gasteiger partial charge in [-0.05, 0) is 48.9 Å². The Morgan fingerprint density at radius 2 is 1.73 bits per heavy atom. The van der Waals surface area contributed by atoms with Crippen LogP contribution in [0.1, 0.15) is 12.0 Å². The summed E-state index contributed by atoms with van der Waals surface area (Å²) in [5.74, 6) is 0.846. The quantitative estimate of drug-likeness (QED) is 0.761. The van der Waals surface area contributed by atoms with E-state index in [-0.39, 0.29) is 5.75 Å². The van der Waals surface area contributed by atoms with Crippen molar-refractivity contribution < 1.29 is 18.3 Å². The van der Waals surface area contributed by atoms with Gasteiger partial charge >= 0.3 is 0 Å². The number of sulfonamides is 1. The SMILES string of the molecule is COc1cccc2c1C=CN(CCCN1CCN(c3ccc(O)cc3)CC1)S2(=O)=O. The van der Waals surface area contributed by atoms with Crippen LogP contribution in [-0.2, 0) is 10.0 Å². The zero-order chi connectivity index (χ0) is 21.1. The number of phenols is 1. The molecule has 0 bridgehead atoms. The number of piperazine rings is 1. The molecular weight excluding hydrogens is 402 g/mol. The molecule has 2 aliphatic rings. The van der Waals surface area contributed by atoms with Crippen molar-refractivity contribution in [3.8, 4) is 11.5 Å². The van der Waals surface area contributed by atoms with Crippen molar-refractivity contribution in [2.45, 2.75) is 11.3 Å². The summed E-state index contributed by atoms with van der Waals surface area (Å²) in [4.78, 5) is 4.97. The summed E-state index contributed by atoms with van der Waals surface area (Å²) in [5, 5.41) is 9.43. The van der Waals surface area contributed by atoms with Crippen LogP contribution in [0.4, 0.5) is 5.69 Å². The summed E-state index contributed by atoms with van der Waals surface area (Å²) in [6.45, 7) is 5.01. The fourth-order valence-corrected chi connectivity index (χ4v) is 5.53. The standard InChI is InChI=1S/C22H27N3O4S/c1-29-21-4-2-5-22-20(21)10-13-25(30(22,27)28)12-3-11-23-14-16-24(17-15-23)18-6-8-19(26)9-7-18/h2,4-10,13,26H,3,11-12,14-17H2,1H3. The molecule has 0 amide bonds. The Bertz CT molecular complexity index is 1010. The van der Waals surface area contributed by atoms with Gasteiger partial charge in [0, 0.05) is 56.7 Å². The van der Waals surface area contributed by atoms with Crippen molar-refractivity contribution in [2.75, 3.05) is 51.3 Å². The van der Waals surface area contributed by atoms with E-state index >= 15 is 0 Å². The van der Waals surface area contributed by atoms with Crippen molar-refractivity contribution in [3.05, 3.63) is 54.2 Å². The second kappa shape index (κ2) is 8.57. The summed E-state index contributed by atoms with van der Waals surface area (Å²) >= 11 is 0. The zero-order valence-electron chi connectivity index (χ0n) is 17.1. The predicted molar refractivity (Wildman–Crippen MR) is 117 cm³/mol. The van der Waals surface area contributed by atoms with Gasteiger partial charge in [-0.15, -0.1) is 0 Å². The van der Waals surface area contributed by atoms with Gasteiger partial charge in [0.05, 0.1) is 12.0 Å². The summed E-state index contributed by atoms with van der Waals surface area (Å²) in [6, 6.07) is 12.4. The van der Waals surface area contributed by atoms with E-state index in [1.807, 2.05) is 18.2 Å². The molecule has 1 N–H and O–H groups in total. The van der Waals surface area contributed by atoms with Gasteiger partial charge in [-0.2, -0.15) is 0 Å². The zero-order valence-corrected chi connectivity index (χ0v) is 17.9. The van der Waals surface area contributed by atoms with E-state index in [2.05, 4.69) is 9.80 Å². The van der Waals surface area contributed by atoms with Crippen molar-refractivity contribution in [3.63, 3.8) is 0 Å². The minimum absolute atomic E-state index is 0.278. The molecule has 8 heteroatoms. The highest BCUT2D eigenvalue weighted by molar-refractivity contribution is 7.89. The first-order valence-corrected chi connectivity index (χ1v) is 11.6. The molecule has 1 fully saturated rings. The number of rotatable bonds is 6. The van der Waals surface area contributed by atoms with Gasteiger partial charge in [-0.1, -0.05) is 6.07 Å². The molecule has 0 unspecified atom stereocenters. The summed E-state index contributed by atoms with van der Waals surface area (Å²) < 4.78 is 32.6. The van der Waals surface area contributed by atoms with Gasteiger partial charge in [-0.3, -0.25) is 9.21 Å². The Morgan fingerprint density at radius 3 is 2.43 bits per heavy atom. The summed E-state index contributed by atoms with van der Waals surface area (Å²) in [7, 11) is -2.00. The molecule has 0 atom stereocenters. The maximum Gasteiger partial charge on any atom is 0.264 e. The van der Waals surface area contributed by atoms with Gasteiger partial charge in [0.25, 0.3) is 10.0 Å². The normalized spacial score (nSPS) is 18.3. The van der Waals surface area contributed by atoms with E-state index < -0.39 is 10.0 Å². The van der Waals surface area contributed by atoms with Crippen LogP contribution in [0.2, 0.25) is 0 Å². The smallest absolute Gasteiger partial charge is 0.264 e. The molecule has 7 nitrogen and oxygen atoms in total. The Hall–Kier alpha value is -2.71. The van der Waals surface area contributed by atoms with E-state index in [1.165, 1.54) is 4.31 Å². The fourth-order valence-electron chi connectivity index (χ4n) is 3.99. The average Bonchev–Trinajstić information content (AvgIpc) is 2.76. The lowest BCUT2D eigenvalue weighted by Crippen LogP contribution is -2.47. The highest BCUT2D eigenvalue weighted by atomic mass is 32.2. The van der Waals surface area contributed by atoms with Crippen LogP contribution in [0.15, 0.2) is 53.6 Å². The second-order valence-corrected chi connectivity index (χ2v) is 9.36. The molecule has 2 aromatic carbocycles. The van der Waals surface area contributed by atoms with E-state index in [1.54, 1.807) is 43.6 Å². The third-order valence-corrected chi connectivity index (χ3v) is 7.51. The third-order valence-electron chi connectivity index (χ3n) is 5.68. The number of methoxy groups -OCH3 is 1. The topological polar surface area (TPSA) is 73.3 Å². The van der Waals surface area contributed by atoms with Crippen LogP contribution >= 0.6 is 0 Å². The number of ether oxygens (including phenoxy) is 1. The number of aromatic hydroxyl groups is 1. The second-order valence-electron chi connectivity index (χ2n) is 7.50. The maximum atomic E-state index is 13.0. The molecule has 0 saturated carbocycles. The Balaban J connectivity index is 1.30. The van der Waals surface area contributed by atoms with Gasteiger partial charge < -0.3 is 14.7 Å². The molecule has 4 rings (SSSR count). The molecule has 0 aliphatic carbocycles. The predicted octanol–water partition coefficient (Wildman–Crippen LogP) is 2.59. The highest BCUT2D eigenvalue weighted by Gasteiger charge is 2.29. The Labute approximate surface area is 177 Å². The number of hydrogen-bond acceptors (Lipinski definition) is 6. The number of fused-ring (bicyclic) bond motifs is 1. The van der Waals surface area contributed by atoms with Crippen LogP contribution in [0.3, 0.4) is 0 Å². The molecule has 30 heavy (non-hydrogen) atoms. The van der Waals surface area contributed by atoms with Crippen LogP contribution in [0, 0.1) is 0 Å². The van der Waals surface area contributed by atoms with E-state index in [0.29, 0.717) is 22.8 Å². The molecule has 2 aromatic rings. The van der Waals surface area contributed by atoms with E-state index in [4.69, 9.17) is 4.74 Å². The van der Waals surface area contributed by atoms with Crippen LogP contribution in [0.5, 0.6) is 11.5 Å². The lowest BCUT2D eigenvalue weighted by Gasteiger charge is -2.36. The monoisotopic (exact) mass is 429 g/mol. The molecule has 2 heterocycles. The van der Waals surface area contributed by atoms with Crippen molar-refractivity contribution >= 4 is 21.8 Å². The van der Waals surface area contributed by atoms with Gasteiger partial charge in [0.15, 0.2) is 0 Å². The van der Waals surface area contributed by atoms with E-state index in [9.17, 15) is 13.5 Å². The number of benzene rings is 2. The van der Waals surface area contributed by atoms with E-state index in [0.717, 1.165) is 44.8 Å². The van der Waals surface area contributed by atoms with Gasteiger partial charge in [-0.25, -0.2) is 8.42 Å². The lowest BCUT2D eigenvalue weighted by molar-refractivity contribution is 0.250. The number of nitrogens with zero attached hydrogens (tertiary/aromatic N) is 3. The first kappa shape index (κ1) is 20.6. The van der Waals surface area contributed by atoms with Gasteiger partial charge in [0.2, 0.25) is 0 Å². The average molecular weight is 430 g/mol. The number of anilines is 1. The minimum Gasteiger partial charge on any atom is -0.508 e. The maximum absolute atomic E-state index is 13.0. The fraction of sp³-hybridized carbons (Fsp3) is 0.364. The van der Waals surface area contributed by atoms with Crippen molar-refractivity contribution in [1.82, 2.24) is 9.21 Å². The Morgan fingerprint density at radius 1 is 1.00 bits per heavy atom. The van der Waals surface area contributed by atoms with Gasteiger partial charge in [0.1, 0.15) is 11.5 Å². The molecule has 0 radical (unpaired) electrons. The molecule has 1 saturated heterocycles. The van der Waals surface area contributed by atoms with Crippen LogP contribution in [0.25, 0.3) is 6.08 Å². The van der Waals surface area contributed by atoms with Crippen LogP contribution in [-0.4, -0.2) is 69.1 Å². The first-order valence-electron chi connectivity index (χ1n) is 10.1. The molecular formula is C22H27N3O4S.